The molecule has 0 radical (unpaired) electrons. The minimum Gasteiger partial charge on any atom is -0.452 e. The molecule has 55 heavy (non-hydrogen) atoms. The molecule has 0 bridgehead atoms. The summed E-state index contributed by atoms with van der Waals surface area (Å²) < 4.78 is 18.3. The van der Waals surface area contributed by atoms with Crippen LogP contribution in [0.15, 0.2) is 173 Å². The van der Waals surface area contributed by atoms with Crippen LogP contribution in [0.2, 0.25) is 0 Å². The number of para-hydroxylation sites is 4. The summed E-state index contributed by atoms with van der Waals surface area (Å²) in [5, 5.41) is 14.0. The first kappa shape index (κ1) is 29.2. The molecule has 0 aliphatic rings. The Hall–Kier alpha value is -7.30. The van der Waals surface area contributed by atoms with Crippen molar-refractivity contribution in [3.8, 4) is 11.4 Å². The smallest absolute Gasteiger partial charge is 0.178 e. The Kier molecular flexibility index (Phi) is 5.54. The van der Waals surface area contributed by atoms with Gasteiger partial charge < -0.3 is 18.0 Å². The third kappa shape index (κ3) is 3.90. The molecule has 256 valence electrons. The molecule has 0 unspecified atom stereocenters. The number of aryl methyl sites for hydroxylation is 1. The van der Waals surface area contributed by atoms with Gasteiger partial charge in [0.1, 0.15) is 11.2 Å². The topological polar surface area (TPSA) is 36.1 Å². The highest BCUT2D eigenvalue weighted by atomic mass is 16.4. The molecule has 4 heterocycles. The van der Waals surface area contributed by atoms with Gasteiger partial charge in [0.2, 0.25) is 0 Å². The first-order valence-corrected chi connectivity index (χ1v) is 18.8. The van der Waals surface area contributed by atoms with Crippen LogP contribution in [0.4, 0.5) is 0 Å². The van der Waals surface area contributed by atoms with Crippen LogP contribution in [0.25, 0.3) is 120 Å². The molecule has 0 N–H and O–H groups in total. The highest BCUT2D eigenvalue weighted by Crippen LogP contribution is 2.43. The van der Waals surface area contributed by atoms with Gasteiger partial charge in [-0.25, -0.2) is 0 Å². The molecular formula is C51H30N2O2. The van der Waals surface area contributed by atoms with Crippen LogP contribution in [0, 0.1) is 6.92 Å². The van der Waals surface area contributed by atoms with E-state index in [1.807, 2.05) is 0 Å². The van der Waals surface area contributed by atoms with E-state index in [4.69, 9.17) is 8.83 Å². The van der Waals surface area contributed by atoms with E-state index in [9.17, 15) is 0 Å². The number of furan rings is 2. The second-order valence-electron chi connectivity index (χ2n) is 15.0. The predicted molar refractivity (Wildman–Crippen MR) is 229 cm³/mol. The monoisotopic (exact) mass is 702 g/mol. The largest absolute Gasteiger partial charge is 0.452 e. The summed E-state index contributed by atoms with van der Waals surface area (Å²) in [5.41, 5.74) is 11.5. The first-order valence-electron chi connectivity index (χ1n) is 18.8. The highest BCUT2D eigenvalue weighted by Gasteiger charge is 2.20. The van der Waals surface area contributed by atoms with E-state index in [-0.39, 0.29) is 0 Å². The molecule has 0 saturated heterocycles. The van der Waals surface area contributed by atoms with Gasteiger partial charge in [-0.3, -0.25) is 0 Å². The molecule has 4 nitrogen and oxygen atoms in total. The van der Waals surface area contributed by atoms with Crippen LogP contribution in [-0.2, 0) is 0 Å². The zero-order chi connectivity index (χ0) is 35.9. The van der Waals surface area contributed by atoms with Gasteiger partial charge in [0.15, 0.2) is 11.2 Å². The minimum atomic E-state index is 0.791. The molecule has 0 fully saturated rings. The minimum absolute atomic E-state index is 0.791. The molecule has 0 aliphatic carbocycles. The van der Waals surface area contributed by atoms with E-state index in [0.29, 0.717) is 0 Å². The Bertz CT molecular complexity index is 3690. The van der Waals surface area contributed by atoms with Crippen molar-refractivity contribution in [2.75, 3.05) is 0 Å². The Morgan fingerprint density at radius 2 is 0.782 bits per heavy atom. The van der Waals surface area contributed by atoms with Crippen molar-refractivity contribution in [1.82, 2.24) is 9.13 Å². The molecular weight excluding hydrogens is 673 g/mol. The van der Waals surface area contributed by atoms with E-state index in [0.717, 1.165) is 66.0 Å². The van der Waals surface area contributed by atoms with Crippen LogP contribution >= 0.6 is 0 Å². The SMILES string of the molecule is Cc1cc2c3cc4ccc(-n5c6ccccc6c6ccccc65)cc4cc3oc2c2oc3cc4cc(-n5c6ccccc6c6ccccc65)ccc4cc3c12. The molecule has 0 amide bonds. The molecule has 13 aromatic rings. The predicted octanol–water partition coefficient (Wildman–Crippen LogP) is 14.3. The fraction of sp³-hybridized carbons (Fsp3) is 0.0196. The lowest BCUT2D eigenvalue weighted by molar-refractivity contribution is 0.633. The molecule has 0 atom stereocenters. The van der Waals surface area contributed by atoms with E-state index >= 15 is 0 Å². The van der Waals surface area contributed by atoms with Gasteiger partial charge in [0.25, 0.3) is 0 Å². The summed E-state index contributed by atoms with van der Waals surface area (Å²) in [6.45, 7) is 2.18. The van der Waals surface area contributed by atoms with Crippen LogP contribution in [0.3, 0.4) is 0 Å². The number of benzene rings is 9. The Balaban J connectivity index is 0.992. The van der Waals surface area contributed by atoms with E-state index in [2.05, 4.69) is 180 Å². The van der Waals surface area contributed by atoms with Gasteiger partial charge in [-0.15, -0.1) is 0 Å². The molecule has 0 aliphatic heterocycles. The molecule has 0 spiro atoms. The first-order chi connectivity index (χ1) is 27.2. The number of hydrogen-bond acceptors (Lipinski definition) is 2. The van der Waals surface area contributed by atoms with Crippen LogP contribution in [-0.4, -0.2) is 9.13 Å². The fourth-order valence-electron chi connectivity index (χ4n) is 9.51. The van der Waals surface area contributed by atoms with Crippen molar-refractivity contribution in [2.24, 2.45) is 0 Å². The van der Waals surface area contributed by atoms with Gasteiger partial charge in [-0.05, 0) is 113 Å². The Labute approximate surface area is 313 Å². The molecule has 4 aromatic heterocycles. The lowest BCUT2D eigenvalue weighted by Gasteiger charge is -2.09. The maximum atomic E-state index is 6.80. The van der Waals surface area contributed by atoms with Gasteiger partial charge in [-0.1, -0.05) is 84.9 Å². The number of fused-ring (bicyclic) bond motifs is 15. The van der Waals surface area contributed by atoms with Crippen molar-refractivity contribution < 1.29 is 8.83 Å². The van der Waals surface area contributed by atoms with Crippen molar-refractivity contribution in [2.45, 2.75) is 6.92 Å². The quantitative estimate of drug-likeness (QED) is 0.180. The standard InChI is InChI=1S/C51H30N2O2/c1-29-22-41-40-25-30-18-20-34(52-43-14-6-2-10-36(43)37-11-3-7-15-44(37)52)23-32(30)27-47(40)54-50(41)51-49(29)42-26-31-19-21-35(24-33(31)28-48(42)55-51)53-45-16-8-4-12-38(45)39-13-5-9-17-46(39)53/h2-28H,1H3. The maximum absolute atomic E-state index is 6.80. The summed E-state index contributed by atoms with van der Waals surface area (Å²) in [6, 6.07) is 59.3. The Morgan fingerprint density at radius 1 is 0.345 bits per heavy atom. The lowest BCUT2D eigenvalue weighted by atomic mass is 10.0. The van der Waals surface area contributed by atoms with Crippen molar-refractivity contribution in [3.05, 3.63) is 169 Å². The molecule has 9 aromatic carbocycles. The van der Waals surface area contributed by atoms with Crippen molar-refractivity contribution in [1.29, 1.82) is 0 Å². The van der Waals surface area contributed by atoms with E-state index < -0.39 is 0 Å². The second kappa shape index (κ2) is 10.4. The van der Waals surface area contributed by atoms with Gasteiger partial charge in [0.05, 0.1) is 22.1 Å². The number of rotatable bonds is 2. The summed E-state index contributed by atoms with van der Waals surface area (Å²) in [7, 11) is 0. The third-order valence-electron chi connectivity index (χ3n) is 11.9. The summed E-state index contributed by atoms with van der Waals surface area (Å²) in [5.74, 6) is 0. The zero-order valence-electron chi connectivity index (χ0n) is 29.8. The van der Waals surface area contributed by atoms with Gasteiger partial charge >= 0.3 is 0 Å². The Morgan fingerprint density at radius 3 is 1.29 bits per heavy atom. The molecule has 4 heteroatoms. The fourth-order valence-corrected chi connectivity index (χ4v) is 9.51. The van der Waals surface area contributed by atoms with E-state index in [1.165, 1.54) is 59.9 Å². The number of hydrogen-bond donors (Lipinski definition) is 0. The molecule has 13 rings (SSSR count). The maximum Gasteiger partial charge on any atom is 0.178 e. The lowest BCUT2D eigenvalue weighted by Crippen LogP contribution is -1.93. The second-order valence-corrected chi connectivity index (χ2v) is 15.0. The van der Waals surface area contributed by atoms with Gasteiger partial charge in [0, 0.05) is 54.5 Å². The van der Waals surface area contributed by atoms with Crippen molar-refractivity contribution in [3.63, 3.8) is 0 Å². The van der Waals surface area contributed by atoms with Crippen LogP contribution in [0.1, 0.15) is 5.56 Å². The number of nitrogens with zero attached hydrogens (tertiary/aromatic N) is 2. The summed E-state index contributed by atoms with van der Waals surface area (Å²) in [4.78, 5) is 0. The summed E-state index contributed by atoms with van der Waals surface area (Å²) in [6.07, 6.45) is 0. The van der Waals surface area contributed by atoms with Crippen LogP contribution in [0.5, 0.6) is 0 Å². The third-order valence-corrected chi connectivity index (χ3v) is 11.9. The summed E-state index contributed by atoms with van der Waals surface area (Å²) >= 11 is 0. The van der Waals surface area contributed by atoms with Crippen molar-refractivity contribution >= 4 is 109 Å². The molecule has 0 saturated carbocycles. The van der Waals surface area contributed by atoms with Gasteiger partial charge in [-0.2, -0.15) is 0 Å². The van der Waals surface area contributed by atoms with E-state index in [1.54, 1.807) is 0 Å². The number of aromatic nitrogens is 2. The normalized spacial score (nSPS) is 12.5. The average molecular weight is 703 g/mol. The average Bonchev–Trinajstić information content (AvgIpc) is 3.97. The highest BCUT2D eigenvalue weighted by molar-refractivity contribution is 6.22. The van der Waals surface area contributed by atoms with Crippen LogP contribution < -0.4 is 0 Å². The zero-order valence-corrected chi connectivity index (χ0v) is 29.8.